The maximum Gasteiger partial charge on any atom is 0.101 e. The van der Waals surface area contributed by atoms with Gasteiger partial charge in [-0.2, -0.15) is 5.26 Å². The number of nitrogens with zero attached hydrogens (tertiary/aromatic N) is 1. The van der Waals surface area contributed by atoms with Gasteiger partial charge >= 0.3 is 0 Å². The highest BCUT2D eigenvalue weighted by Crippen LogP contribution is 2.28. The third kappa shape index (κ3) is 2.69. The SMILES string of the molecule is CCOC1CC(Nc2ccc(N)cc2C#N)C1. The van der Waals surface area contributed by atoms with Crippen molar-refractivity contribution in [1.82, 2.24) is 0 Å². The van der Waals surface area contributed by atoms with Crippen LogP contribution in [-0.2, 0) is 4.74 Å². The van der Waals surface area contributed by atoms with E-state index in [4.69, 9.17) is 15.7 Å². The molecular formula is C13H17N3O. The zero-order valence-electron chi connectivity index (χ0n) is 9.94. The van der Waals surface area contributed by atoms with E-state index in [9.17, 15) is 0 Å². The van der Waals surface area contributed by atoms with Crippen LogP contribution in [-0.4, -0.2) is 18.8 Å². The van der Waals surface area contributed by atoms with E-state index in [1.165, 1.54) is 0 Å². The van der Waals surface area contributed by atoms with E-state index < -0.39 is 0 Å². The average Bonchev–Trinajstić information content (AvgIpc) is 2.28. The minimum Gasteiger partial charge on any atom is -0.399 e. The van der Waals surface area contributed by atoms with Gasteiger partial charge in [0.1, 0.15) is 6.07 Å². The van der Waals surface area contributed by atoms with Crippen LogP contribution in [0.2, 0.25) is 0 Å². The first-order valence-electron chi connectivity index (χ1n) is 5.90. The number of nitriles is 1. The molecular weight excluding hydrogens is 214 g/mol. The van der Waals surface area contributed by atoms with Gasteiger partial charge in [0.2, 0.25) is 0 Å². The van der Waals surface area contributed by atoms with Crippen molar-refractivity contribution in [3.05, 3.63) is 23.8 Å². The lowest BCUT2D eigenvalue weighted by Crippen LogP contribution is -2.40. The van der Waals surface area contributed by atoms with Gasteiger partial charge in [0, 0.05) is 18.3 Å². The highest BCUT2D eigenvalue weighted by molar-refractivity contribution is 5.63. The third-order valence-electron chi connectivity index (χ3n) is 3.02. The van der Waals surface area contributed by atoms with Crippen LogP contribution in [0, 0.1) is 11.3 Å². The van der Waals surface area contributed by atoms with Gasteiger partial charge in [-0.1, -0.05) is 0 Å². The molecule has 1 aliphatic rings. The van der Waals surface area contributed by atoms with Crippen LogP contribution in [0.25, 0.3) is 0 Å². The zero-order chi connectivity index (χ0) is 12.3. The molecule has 3 N–H and O–H groups in total. The summed E-state index contributed by atoms with van der Waals surface area (Å²) in [5, 5.41) is 12.4. The number of nitrogen functional groups attached to an aromatic ring is 1. The van der Waals surface area contributed by atoms with Crippen LogP contribution in [0.5, 0.6) is 0 Å². The van der Waals surface area contributed by atoms with Gasteiger partial charge in [0.15, 0.2) is 0 Å². The smallest absolute Gasteiger partial charge is 0.101 e. The molecule has 1 aromatic carbocycles. The van der Waals surface area contributed by atoms with Crippen molar-refractivity contribution >= 4 is 11.4 Å². The molecule has 0 aliphatic heterocycles. The van der Waals surface area contributed by atoms with Crippen molar-refractivity contribution in [2.45, 2.75) is 31.9 Å². The van der Waals surface area contributed by atoms with Crippen LogP contribution in [0.3, 0.4) is 0 Å². The maximum atomic E-state index is 9.01. The van der Waals surface area contributed by atoms with E-state index in [1.54, 1.807) is 6.07 Å². The van der Waals surface area contributed by atoms with Crippen LogP contribution in [0.15, 0.2) is 18.2 Å². The molecule has 0 bridgehead atoms. The minimum absolute atomic E-state index is 0.372. The highest BCUT2D eigenvalue weighted by atomic mass is 16.5. The second-order valence-corrected chi connectivity index (χ2v) is 4.31. The van der Waals surface area contributed by atoms with Crippen molar-refractivity contribution in [3.63, 3.8) is 0 Å². The van der Waals surface area contributed by atoms with E-state index in [2.05, 4.69) is 11.4 Å². The number of benzene rings is 1. The molecule has 1 saturated carbocycles. The standard InChI is InChI=1S/C13H17N3O/c1-2-17-12-6-11(7-12)16-13-4-3-10(15)5-9(13)8-14/h3-5,11-12,16H,2,6-7,15H2,1H3. The molecule has 1 fully saturated rings. The zero-order valence-corrected chi connectivity index (χ0v) is 9.94. The third-order valence-corrected chi connectivity index (χ3v) is 3.02. The monoisotopic (exact) mass is 231 g/mol. The minimum atomic E-state index is 0.372. The van der Waals surface area contributed by atoms with Gasteiger partial charge in [0.25, 0.3) is 0 Å². The predicted octanol–water partition coefficient (Wildman–Crippen LogP) is 2.12. The van der Waals surface area contributed by atoms with Gasteiger partial charge in [0.05, 0.1) is 17.4 Å². The number of nitrogens with one attached hydrogen (secondary N) is 1. The molecule has 17 heavy (non-hydrogen) atoms. The first kappa shape index (κ1) is 11.7. The summed E-state index contributed by atoms with van der Waals surface area (Å²) in [6.07, 6.45) is 2.38. The van der Waals surface area contributed by atoms with Crippen LogP contribution >= 0.6 is 0 Å². The Morgan fingerprint density at radius 2 is 2.29 bits per heavy atom. The largest absolute Gasteiger partial charge is 0.399 e. The van der Waals surface area contributed by atoms with Crippen molar-refractivity contribution in [2.75, 3.05) is 17.7 Å². The molecule has 0 radical (unpaired) electrons. The molecule has 4 heteroatoms. The van der Waals surface area contributed by atoms with Crippen molar-refractivity contribution in [2.24, 2.45) is 0 Å². The van der Waals surface area contributed by atoms with Gasteiger partial charge in [-0.3, -0.25) is 0 Å². The van der Waals surface area contributed by atoms with Gasteiger partial charge in [-0.15, -0.1) is 0 Å². The normalized spacial score (nSPS) is 22.6. The predicted molar refractivity (Wildman–Crippen MR) is 67.6 cm³/mol. The van der Waals surface area contributed by atoms with E-state index in [1.807, 2.05) is 19.1 Å². The summed E-state index contributed by atoms with van der Waals surface area (Å²) in [6.45, 7) is 2.78. The molecule has 90 valence electrons. The number of anilines is 2. The number of ether oxygens (including phenoxy) is 1. The van der Waals surface area contributed by atoms with Crippen LogP contribution < -0.4 is 11.1 Å². The van der Waals surface area contributed by atoms with Crippen molar-refractivity contribution < 1.29 is 4.74 Å². The fraction of sp³-hybridized carbons (Fsp3) is 0.462. The molecule has 0 atom stereocenters. The average molecular weight is 231 g/mol. The molecule has 0 saturated heterocycles. The molecule has 4 nitrogen and oxygen atoms in total. The molecule has 0 heterocycles. The first-order chi connectivity index (χ1) is 8.22. The second-order valence-electron chi connectivity index (χ2n) is 4.31. The number of hydrogen-bond donors (Lipinski definition) is 2. The lowest BCUT2D eigenvalue weighted by atomic mass is 9.89. The highest BCUT2D eigenvalue weighted by Gasteiger charge is 2.29. The van der Waals surface area contributed by atoms with E-state index in [0.717, 1.165) is 25.1 Å². The Bertz CT molecular complexity index is 433. The summed E-state index contributed by atoms with van der Waals surface area (Å²) < 4.78 is 5.50. The van der Waals surface area contributed by atoms with Crippen molar-refractivity contribution in [1.29, 1.82) is 5.26 Å². The van der Waals surface area contributed by atoms with E-state index >= 15 is 0 Å². The van der Waals surface area contributed by atoms with E-state index in [0.29, 0.717) is 23.4 Å². The van der Waals surface area contributed by atoms with Gasteiger partial charge in [-0.05, 0) is 38.0 Å². The Morgan fingerprint density at radius 1 is 1.53 bits per heavy atom. The summed E-state index contributed by atoms with van der Waals surface area (Å²) in [6, 6.07) is 7.92. The quantitative estimate of drug-likeness (QED) is 0.779. The summed E-state index contributed by atoms with van der Waals surface area (Å²) in [5.74, 6) is 0. The molecule has 0 unspecified atom stereocenters. The Morgan fingerprint density at radius 3 is 2.94 bits per heavy atom. The number of hydrogen-bond acceptors (Lipinski definition) is 4. The fourth-order valence-electron chi connectivity index (χ4n) is 2.06. The van der Waals surface area contributed by atoms with Crippen LogP contribution in [0.1, 0.15) is 25.3 Å². The molecule has 1 aliphatic carbocycles. The summed E-state index contributed by atoms with van der Waals surface area (Å²) >= 11 is 0. The Labute approximate surface area is 101 Å². The summed E-state index contributed by atoms with van der Waals surface area (Å²) in [4.78, 5) is 0. The first-order valence-corrected chi connectivity index (χ1v) is 5.90. The summed E-state index contributed by atoms with van der Waals surface area (Å²) in [5.41, 5.74) is 7.73. The molecule has 0 amide bonds. The Balaban J connectivity index is 1.95. The second kappa shape index (κ2) is 5.07. The van der Waals surface area contributed by atoms with Crippen molar-refractivity contribution in [3.8, 4) is 6.07 Å². The molecule has 1 aromatic rings. The fourth-order valence-corrected chi connectivity index (χ4v) is 2.06. The molecule has 2 rings (SSSR count). The van der Waals surface area contributed by atoms with E-state index in [-0.39, 0.29) is 0 Å². The Hall–Kier alpha value is -1.73. The number of nitrogens with two attached hydrogens (primary N) is 1. The number of rotatable bonds is 4. The van der Waals surface area contributed by atoms with Crippen LogP contribution in [0.4, 0.5) is 11.4 Å². The molecule has 0 aromatic heterocycles. The summed E-state index contributed by atoms with van der Waals surface area (Å²) in [7, 11) is 0. The lowest BCUT2D eigenvalue weighted by Gasteiger charge is -2.36. The maximum absolute atomic E-state index is 9.01. The lowest BCUT2D eigenvalue weighted by molar-refractivity contribution is 0.00299. The van der Waals surface area contributed by atoms with Gasteiger partial charge in [-0.25, -0.2) is 0 Å². The van der Waals surface area contributed by atoms with Gasteiger partial charge < -0.3 is 15.8 Å². The topological polar surface area (TPSA) is 71.1 Å². The Kier molecular flexibility index (Phi) is 3.50. The molecule has 0 spiro atoms.